The Kier molecular flexibility index (Phi) is 4.31. The maximum absolute atomic E-state index is 12.8. The Bertz CT molecular complexity index is 385. The average Bonchev–Trinajstić information content (AvgIpc) is 2.41. The van der Waals surface area contributed by atoms with Gasteiger partial charge in [-0.05, 0) is 31.0 Å². The quantitative estimate of drug-likeness (QED) is 0.757. The van der Waals surface area contributed by atoms with E-state index in [2.05, 4.69) is 11.8 Å². The van der Waals surface area contributed by atoms with E-state index in [1.54, 1.807) is 4.90 Å². The average molecular weight is 250 g/mol. The van der Waals surface area contributed by atoms with Gasteiger partial charge in [-0.1, -0.05) is 12.1 Å². The molecule has 0 aliphatic carbocycles. The first-order valence-corrected chi connectivity index (χ1v) is 6.37. The second-order valence-electron chi connectivity index (χ2n) is 4.86. The Labute approximate surface area is 107 Å². The van der Waals surface area contributed by atoms with E-state index in [1.807, 2.05) is 12.1 Å². The van der Waals surface area contributed by atoms with E-state index in [4.69, 9.17) is 0 Å². The fourth-order valence-electron chi connectivity index (χ4n) is 2.37. The molecule has 98 valence electrons. The molecule has 0 radical (unpaired) electrons. The van der Waals surface area contributed by atoms with E-state index in [0.717, 1.165) is 44.6 Å². The molecule has 1 saturated heterocycles. The van der Waals surface area contributed by atoms with E-state index in [0.29, 0.717) is 6.04 Å². The first kappa shape index (κ1) is 13.0. The van der Waals surface area contributed by atoms with Gasteiger partial charge in [-0.3, -0.25) is 9.69 Å². The number of halogens is 1. The van der Waals surface area contributed by atoms with Gasteiger partial charge in [0.2, 0.25) is 6.41 Å². The van der Waals surface area contributed by atoms with Gasteiger partial charge in [0.25, 0.3) is 0 Å². The molecule has 1 aromatic rings. The van der Waals surface area contributed by atoms with E-state index in [9.17, 15) is 9.18 Å². The summed E-state index contributed by atoms with van der Waals surface area (Å²) in [5.41, 5.74) is 1.15. The van der Waals surface area contributed by atoms with E-state index < -0.39 is 0 Å². The van der Waals surface area contributed by atoms with E-state index in [-0.39, 0.29) is 5.82 Å². The van der Waals surface area contributed by atoms with Gasteiger partial charge in [0.1, 0.15) is 5.82 Å². The molecule has 3 nitrogen and oxygen atoms in total. The molecule has 0 unspecified atom stereocenters. The molecule has 1 atom stereocenters. The summed E-state index contributed by atoms with van der Waals surface area (Å²) in [5, 5.41) is 0. The van der Waals surface area contributed by atoms with E-state index in [1.165, 1.54) is 12.1 Å². The molecule has 0 saturated carbocycles. The fraction of sp³-hybridized carbons (Fsp3) is 0.500. The SMILES string of the molecule is C[C@@H](Cc1ccc(F)cc1)N1CCN(C=O)CC1. The van der Waals surface area contributed by atoms with Crippen molar-refractivity contribution in [3.63, 3.8) is 0 Å². The van der Waals surface area contributed by atoms with Gasteiger partial charge < -0.3 is 4.90 Å². The van der Waals surface area contributed by atoms with Crippen LogP contribution in [0.15, 0.2) is 24.3 Å². The van der Waals surface area contributed by atoms with Crippen LogP contribution in [-0.4, -0.2) is 48.4 Å². The largest absolute Gasteiger partial charge is 0.343 e. The Morgan fingerprint density at radius 1 is 1.22 bits per heavy atom. The zero-order valence-electron chi connectivity index (χ0n) is 10.7. The Morgan fingerprint density at radius 3 is 2.39 bits per heavy atom. The zero-order valence-corrected chi connectivity index (χ0v) is 10.7. The van der Waals surface area contributed by atoms with Crippen LogP contribution in [0.25, 0.3) is 0 Å². The molecular weight excluding hydrogens is 231 g/mol. The summed E-state index contributed by atoms with van der Waals surface area (Å²) in [7, 11) is 0. The Hall–Kier alpha value is -1.42. The molecule has 2 rings (SSSR count). The van der Waals surface area contributed by atoms with Crippen LogP contribution in [-0.2, 0) is 11.2 Å². The lowest BCUT2D eigenvalue weighted by molar-refractivity contribution is -0.120. The third-order valence-electron chi connectivity index (χ3n) is 3.57. The minimum atomic E-state index is -0.189. The van der Waals surface area contributed by atoms with E-state index >= 15 is 0 Å². The van der Waals surface area contributed by atoms with Crippen LogP contribution in [0.2, 0.25) is 0 Å². The minimum Gasteiger partial charge on any atom is -0.343 e. The molecular formula is C14H19FN2O. The molecule has 1 amide bonds. The highest BCUT2D eigenvalue weighted by Crippen LogP contribution is 2.12. The van der Waals surface area contributed by atoms with Crippen molar-refractivity contribution in [1.82, 2.24) is 9.80 Å². The van der Waals surface area contributed by atoms with Crippen LogP contribution in [0.5, 0.6) is 0 Å². The summed E-state index contributed by atoms with van der Waals surface area (Å²) < 4.78 is 12.8. The number of nitrogens with zero attached hydrogens (tertiary/aromatic N) is 2. The van der Waals surface area contributed by atoms with Crippen molar-refractivity contribution < 1.29 is 9.18 Å². The van der Waals surface area contributed by atoms with Gasteiger partial charge in [0.15, 0.2) is 0 Å². The maximum Gasteiger partial charge on any atom is 0.209 e. The lowest BCUT2D eigenvalue weighted by Gasteiger charge is -2.36. The van der Waals surface area contributed by atoms with Crippen molar-refractivity contribution in [1.29, 1.82) is 0 Å². The molecule has 18 heavy (non-hydrogen) atoms. The van der Waals surface area contributed by atoms with Crippen molar-refractivity contribution in [2.45, 2.75) is 19.4 Å². The summed E-state index contributed by atoms with van der Waals surface area (Å²) in [6, 6.07) is 7.11. The Morgan fingerprint density at radius 2 is 1.83 bits per heavy atom. The third kappa shape index (κ3) is 3.29. The minimum absolute atomic E-state index is 0.189. The van der Waals surface area contributed by atoms with Crippen molar-refractivity contribution in [2.24, 2.45) is 0 Å². The van der Waals surface area contributed by atoms with Crippen LogP contribution in [0, 0.1) is 5.82 Å². The molecule has 1 aliphatic rings. The predicted molar refractivity (Wildman–Crippen MR) is 68.8 cm³/mol. The highest BCUT2D eigenvalue weighted by atomic mass is 19.1. The molecule has 1 aromatic carbocycles. The lowest BCUT2D eigenvalue weighted by Crippen LogP contribution is -2.49. The lowest BCUT2D eigenvalue weighted by atomic mass is 10.1. The molecule has 1 heterocycles. The predicted octanol–water partition coefficient (Wildman–Crippen LogP) is 1.53. The second kappa shape index (κ2) is 5.96. The van der Waals surface area contributed by atoms with Crippen LogP contribution in [0.3, 0.4) is 0 Å². The highest BCUT2D eigenvalue weighted by Gasteiger charge is 2.20. The number of carbonyl (C=O) groups excluding carboxylic acids is 1. The molecule has 0 bridgehead atoms. The standard InChI is InChI=1S/C14H19FN2O/c1-12(10-13-2-4-14(15)5-3-13)17-8-6-16(11-18)7-9-17/h2-5,11-12H,6-10H2,1H3/t12-/m0/s1. The van der Waals surface area contributed by atoms with Crippen LogP contribution in [0.4, 0.5) is 4.39 Å². The second-order valence-corrected chi connectivity index (χ2v) is 4.86. The molecule has 1 aliphatic heterocycles. The number of benzene rings is 1. The molecule has 1 fully saturated rings. The number of amides is 1. The van der Waals surface area contributed by atoms with Gasteiger partial charge in [0, 0.05) is 32.2 Å². The third-order valence-corrected chi connectivity index (χ3v) is 3.57. The fourth-order valence-corrected chi connectivity index (χ4v) is 2.37. The molecule has 0 spiro atoms. The summed E-state index contributed by atoms with van der Waals surface area (Å²) in [6.07, 6.45) is 1.84. The van der Waals surface area contributed by atoms with Gasteiger partial charge in [-0.25, -0.2) is 4.39 Å². The van der Waals surface area contributed by atoms with Gasteiger partial charge >= 0.3 is 0 Å². The van der Waals surface area contributed by atoms with Crippen molar-refractivity contribution in [3.8, 4) is 0 Å². The summed E-state index contributed by atoms with van der Waals surface area (Å²) in [6.45, 7) is 5.62. The number of rotatable bonds is 4. The van der Waals surface area contributed by atoms with Crippen LogP contribution >= 0.6 is 0 Å². The number of hydrogen-bond donors (Lipinski definition) is 0. The van der Waals surface area contributed by atoms with Gasteiger partial charge in [-0.2, -0.15) is 0 Å². The highest BCUT2D eigenvalue weighted by molar-refractivity contribution is 5.47. The number of piperazine rings is 1. The Balaban J connectivity index is 1.86. The molecule has 0 N–H and O–H groups in total. The smallest absolute Gasteiger partial charge is 0.209 e. The first-order valence-electron chi connectivity index (χ1n) is 6.37. The van der Waals surface area contributed by atoms with Crippen LogP contribution in [0.1, 0.15) is 12.5 Å². The number of hydrogen-bond acceptors (Lipinski definition) is 2. The monoisotopic (exact) mass is 250 g/mol. The van der Waals surface area contributed by atoms with Gasteiger partial charge in [-0.15, -0.1) is 0 Å². The van der Waals surface area contributed by atoms with Crippen molar-refractivity contribution in [2.75, 3.05) is 26.2 Å². The normalized spacial score (nSPS) is 18.7. The topological polar surface area (TPSA) is 23.6 Å². The number of carbonyl (C=O) groups is 1. The molecule has 0 aromatic heterocycles. The van der Waals surface area contributed by atoms with Crippen LogP contribution < -0.4 is 0 Å². The maximum atomic E-state index is 12.8. The van der Waals surface area contributed by atoms with Gasteiger partial charge in [0.05, 0.1) is 0 Å². The molecule has 4 heteroatoms. The summed E-state index contributed by atoms with van der Waals surface area (Å²) in [4.78, 5) is 14.8. The van der Waals surface area contributed by atoms with Crippen molar-refractivity contribution >= 4 is 6.41 Å². The summed E-state index contributed by atoms with van der Waals surface area (Å²) in [5.74, 6) is -0.189. The van der Waals surface area contributed by atoms with Crippen molar-refractivity contribution in [3.05, 3.63) is 35.6 Å². The zero-order chi connectivity index (χ0) is 13.0. The first-order chi connectivity index (χ1) is 8.69. The summed E-state index contributed by atoms with van der Waals surface area (Å²) >= 11 is 0.